The number of aliphatic carboxylic acids is 1. The Hall–Kier alpha value is -4.20. The highest BCUT2D eigenvalue weighted by molar-refractivity contribution is 5.92. The summed E-state index contributed by atoms with van der Waals surface area (Å²) in [5, 5.41) is 23.2. The average Bonchev–Trinajstić information content (AvgIpc) is 3.02. The Bertz CT molecular complexity index is 1330. The Morgan fingerprint density at radius 2 is 1.29 bits per heavy atom. The molecule has 0 aliphatic heterocycles. The van der Waals surface area contributed by atoms with Crippen molar-refractivity contribution < 1.29 is 38.6 Å². The van der Waals surface area contributed by atoms with Crippen LogP contribution < -0.4 is 32.3 Å². The third kappa shape index (κ3) is 16.4. The molecule has 5 amide bonds. The van der Waals surface area contributed by atoms with E-state index in [1.165, 1.54) is 0 Å². The molecular formula is C38H64N6O8. The quantitative estimate of drug-likeness (QED) is 0.105. The van der Waals surface area contributed by atoms with E-state index in [4.69, 9.17) is 10.5 Å². The molecule has 0 aromatic heterocycles. The van der Waals surface area contributed by atoms with Crippen LogP contribution in [0.5, 0.6) is 0 Å². The minimum Gasteiger partial charge on any atom is -0.480 e. The highest BCUT2D eigenvalue weighted by Crippen LogP contribution is 2.15. The number of carbonyl (C=O) groups is 6. The molecule has 1 aromatic rings. The van der Waals surface area contributed by atoms with Crippen LogP contribution in [0.3, 0.4) is 0 Å². The maximum Gasteiger partial charge on any atom is 0.408 e. The fourth-order valence-electron chi connectivity index (χ4n) is 5.44. The molecule has 14 heteroatoms. The topological polar surface area (TPSA) is 218 Å². The molecule has 0 fully saturated rings. The number of alkyl carbamates (subject to hydrolysis) is 1. The molecule has 0 bridgehead atoms. The number of nitrogens with two attached hydrogens (primary N) is 1. The van der Waals surface area contributed by atoms with Gasteiger partial charge >= 0.3 is 12.1 Å². The maximum atomic E-state index is 13.9. The second-order valence-electron chi connectivity index (χ2n) is 15.7. The number of hydrogen-bond acceptors (Lipinski definition) is 8. The van der Waals surface area contributed by atoms with Crippen LogP contribution in [0.15, 0.2) is 30.3 Å². The first-order chi connectivity index (χ1) is 24.1. The van der Waals surface area contributed by atoms with Crippen LogP contribution in [-0.2, 0) is 35.1 Å². The van der Waals surface area contributed by atoms with Gasteiger partial charge < -0.3 is 42.2 Å². The lowest BCUT2D eigenvalue weighted by molar-refractivity contribution is -0.143. The largest absolute Gasteiger partial charge is 0.480 e. The third-order valence-corrected chi connectivity index (χ3v) is 8.57. The normalized spacial score (nSPS) is 15.8. The average molecular weight is 733 g/mol. The van der Waals surface area contributed by atoms with Crippen LogP contribution in [0.1, 0.15) is 101 Å². The van der Waals surface area contributed by atoms with Crippen molar-refractivity contribution in [3.8, 4) is 0 Å². The Kier molecular flexibility index (Phi) is 18.8. The molecule has 294 valence electrons. The predicted molar refractivity (Wildman–Crippen MR) is 200 cm³/mol. The van der Waals surface area contributed by atoms with Crippen LogP contribution in [-0.4, -0.2) is 82.6 Å². The molecule has 0 spiro atoms. The molecule has 14 nitrogen and oxygen atoms in total. The van der Waals surface area contributed by atoms with Crippen LogP contribution in [0.2, 0.25) is 0 Å². The molecule has 1 aromatic carbocycles. The molecule has 0 saturated carbocycles. The van der Waals surface area contributed by atoms with Crippen molar-refractivity contribution >= 4 is 35.7 Å². The van der Waals surface area contributed by atoms with E-state index in [2.05, 4.69) is 26.6 Å². The van der Waals surface area contributed by atoms with E-state index in [1.54, 1.807) is 55.4 Å². The maximum absolute atomic E-state index is 13.9. The van der Waals surface area contributed by atoms with E-state index in [0.717, 1.165) is 5.56 Å². The van der Waals surface area contributed by atoms with E-state index in [0.29, 0.717) is 12.8 Å². The van der Waals surface area contributed by atoms with Crippen molar-refractivity contribution in [2.24, 2.45) is 29.4 Å². The van der Waals surface area contributed by atoms with Crippen molar-refractivity contribution in [2.45, 2.75) is 144 Å². The van der Waals surface area contributed by atoms with Crippen molar-refractivity contribution in [1.29, 1.82) is 0 Å². The molecule has 0 heterocycles. The summed E-state index contributed by atoms with van der Waals surface area (Å²) in [5.74, 6) is -4.43. The number of amides is 5. The molecule has 7 atom stereocenters. The number of carbonyl (C=O) groups excluding carboxylic acids is 5. The fraction of sp³-hybridized carbons (Fsp3) is 0.684. The number of benzene rings is 1. The molecule has 52 heavy (non-hydrogen) atoms. The zero-order chi connectivity index (χ0) is 39.9. The van der Waals surface area contributed by atoms with Gasteiger partial charge in [0, 0.05) is 18.5 Å². The zero-order valence-corrected chi connectivity index (χ0v) is 32.9. The van der Waals surface area contributed by atoms with Crippen LogP contribution in [0, 0.1) is 23.7 Å². The van der Waals surface area contributed by atoms with Gasteiger partial charge in [0.15, 0.2) is 0 Å². The number of hydrogen-bond donors (Lipinski definition) is 7. The second kappa shape index (κ2) is 21.4. The summed E-state index contributed by atoms with van der Waals surface area (Å²) in [6, 6.07) is 3.46. The summed E-state index contributed by atoms with van der Waals surface area (Å²) < 4.78 is 5.36. The smallest absolute Gasteiger partial charge is 0.408 e. The van der Waals surface area contributed by atoms with E-state index in [9.17, 15) is 33.9 Å². The van der Waals surface area contributed by atoms with Gasteiger partial charge in [-0.15, -0.1) is 0 Å². The van der Waals surface area contributed by atoms with Crippen LogP contribution in [0.25, 0.3) is 0 Å². The first-order valence-electron chi connectivity index (χ1n) is 18.3. The SMILES string of the molecule is CC[C@H](C)[C@H](NC(=O)C[C@H](N)[C@H](Cc1ccccc1)NC(=O)C(NC(=O)C(CC(C)C)NC(=O)OC(C)(C)C)C(C)C)C(=O)NC(C(=O)O)C(C)C. The molecule has 3 unspecified atom stereocenters. The van der Waals surface area contributed by atoms with Gasteiger partial charge in [-0.3, -0.25) is 19.2 Å². The van der Waals surface area contributed by atoms with Gasteiger partial charge in [-0.05, 0) is 62.8 Å². The standard InChI is InChI=1S/C38H64N6O8/c1-12-24(8)32(35(48)44-31(23(6)7)36(49)50)42-29(45)20-26(39)27(19-25-16-14-13-15-17-25)40-34(47)30(22(4)5)43-33(46)28(18-21(2)3)41-37(51)52-38(9,10)11/h13-17,21-24,26-28,30-32H,12,18-20,39H2,1-11H3,(H,40,47)(H,41,51)(H,42,45)(H,43,46)(H,44,48)(H,49,50)/t24-,26-,27-,28?,30?,31?,32-/m0/s1. The summed E-state index contributed by atoms with van der Waals surface area (Å²) in [7, 11) is 0. The zero-order valence-electron chi connectivity index (χ0n) is 32.9. The Balaban J connectivity index is 3.25. The minimum absolute atomic E-state index is 0.0381. The van der Waals surface area contributed by atoms with Crippen LogP contribution in [0.4, 0.5) is 4.79 Å². The lowest BCUT2D eigenvalue weighted by Crippen LogP contribution is -2.60. The number of carboxylic acid groups (broad SMARTS) is 1. The lowest BCUT2D eigenvalue weighted by Gasteiger charge is -2.31. The summed E-state index contributed by atoms with van der Waals surface area (Å²) in [6.07, 6.45) is 0.0858. The molecule has 0 saturated heterocycles. The molecule has 1 rings (SSSR count). The van der Waals surface area contributed by atoms with E-state index < -0.39 is 77.5 Å². The van der Waals surface area contributed by atoms with Crippen molar-refractivity contribution in [3.05, 3.63) is 35.9 Å². The van der Waals surface area contributed by atoms with Crippen molar-refractivity contribution in [1.82, 2.24) is 26.6 Å². The summed E-state index contributed by atoms with van der Waals surface area (Å²) >= 11 is 0. The summed E-state index contributed by atoms with van der Waals surface area (Å²) in [6.45, 7) is 19.5. The third-order valence-electron chi connectivity index (χ3n) is 8.57. The number of rotatable bonds is 20. The second-order valence-corrected chi connectivity index (χ2v) is 15.7. The van der Waals surface area contributed by atoms with Gasteiger partial charge in [0.25, 0.3) is 0 Å². The summed E-state index contributed by atoms with van der Waals surface area (Å²) in [5.41, 5.74) is 6.69. The van der Waals surface area contributed by atoms with Gasteiger partial charge in [-0.2, -0.15) is 0 Å². The van der Waals surface area contributed by atoms with Gasteiger partial charge in [-0.1, -0.05) is 92.1 Å². The van der Waals surface area contributed by atoms with E-state index in [-0.39, 0.29) is 36.5 Å². The Morgan fingerprint density at radius 1 is 0.750 bits per heavy atom. The highest BCUT2D eigenvalue weighted by Gasteiger charge is 2.35. The Morgan fingerprint density at radius 3 is 1.77 bits per heavy atom. The van der Waals surface area contributed by atoms with Gasteiger partial charge in [0.1, 0.15) is 29.8 Å². The number of nitrogens with one attached hydrogen (secondary N) is 5. The molecule has 0 aliphatic rings. The highest BCUT2D eigenvalue weighted by atomic mass is 16.6. The van der Waals surface area contributed by atoms with Gasteiger partial charge in [0.2, 0.25) is 23.6 Å². The first-order valence-corrected chi connectivity index (χ1v) is 18.3. The van der Waals surface area contributed by atoms with Crippen molar-refractivity contribution in [3.63, 3.8) is 0 Å². The fourth-order valence-corrected chi connectivity index (χ4v) is 5.44. The minimum atomic E-state index is -1.18. The number of ether oxygens (including phenoxy) is 1. The monoisotopic (exact) mass is 732 g/mol. The summed E-state index contributed by atoms with van der Waals surface area (Å²) in [4.78, 5) is 78.3. The van der Waals surface area contributed by atoms with E-state index >= 15 is 0 Å². The molecule has 8 N–H and O–H groups in total. The van der Waals surface area contributed by atoms with Crippen LogP contribution >= 0.6 is 0 Å². The van der Waals surface area contributed by atoms with E-state index in [1.807, 2.05) is 51.1 Å². The predicted octanol–water partition coefficient (Wildman–Crippen LogP) is 3.27. The van der Waals surface area contributed by atoms with Gasteiger partial charge in [-0.25, -0.2) is 9.59 Å². The molecule has 0 radical (unpaired) electrons. The molecular weight excluding hydrogens is 668 g/mol. The lowest BCUT2D eigenvalue weighted by atomic mass is 9.94. The van der Waals surface area contributed by atoms with Gasteiger partial charge in [0.05, 0.1) is 0 Å². The first kappa shape index (κ1) is 45.8. The molecule has 0 aliphatic carbocycles. The Labute approximate surface area is 309 Å². The van der Waals surface area contributed by atoms with Crippen molar-refractivity contribution in [2.75, 3.05) is 0 Å². The number of carboxylic acids is 1.